The van der Waals surface area contributed by atoms with Crippen LogP contribution in [-0.2, 0) is 22.9 Å². The zero-order valence-electron chi connectivity index (χ0n) is 21.2. The van der Waals surface area contributed by atoms with Crippen molar-refractivity contribution in [3.8, 4) is 11.1 Å². The van der Waals surface area contributed by atoms with E-state index in [1.807, 2.05) is 42.5 Å². The number of carbonyl (C=O) groups excluding carboxylic acids is 1. The van der Waals surface area contributed by atoms with Gasteiger partial charge in [-0.2, -0.15) is 0 Å². The van der Waals surface area contributed by atoms with Crippen LogP contribution in [-0.4, -0.2) is 38.8 Å². The topological polar surface area (TPSA) is 95.5 Å². The molecule has 192 valence electrons. The predicted octanol–water partition coefficient (Wildman–Crippen LogP) is 4.50. The van der Waals surface area contributed by atoms with Crippen molar-refractivity contribution in [2.45, 2.75) is 39.2 Å². The van der Waals surface area contributed by atoms with Crippen LogP contribution < -0.4 is 10.0 Å². The van der Waals surface area contributed by atoms with Gasteiger partial charge in [0, 0.05) is 12.1 Å². The summed E-state index contributed by atoms with van der Waals surface area (Å²) in [5.41, 5.74) is 5.34. The fraction of sp³-hybridized carbons (Fsp3) is 0.345. The molecule has 6 nitrogen and oxygen atoms in total. The number of aryl methyl sites for hydroxylation is 1. The maximum Gasteiger partial charge on any atom is 0.264 e. The first-order valence-corrected chi connectivity index (χ1v) is 14.2. The van der Waals surface area contributed by atoms with Crippen molar-refractivity contribution in [2.24, 2.45) is 5.92 Å². The molecule has 1 amide bonds. The number of benzene rings is 3. The van der Waals surface area contributed by atoms with Gasteiger partial charge in [-0.05, 0) is 65.6 Å². The third-order valence-electron chi connectivity index (χ3n) is 6.02. The zero-order chi connectivity index (χ0) is 26.1. The smallest absolute Gasteiger partial charge is 0.264 e. The average Bonchev–Trinajstić information content (AvgIpc) is 2.85. The monoisotopic (exact) mass is 508 g/mol. The Labute approximate surface area is 214 Å². The first-order chi connectivity index (χ1) is 17.1. The highest BCUT2D eigenvalue weighted by Gasteiger charge is 2.16. The Morgan fingerprint density at radius 1 is 0.917 bits per heavy atom. The predicted molar refractivity (Wildman–Crippen MR) is 145 cm³/mol. The van der Waals surface area contributed by atoms with E-state index >= 15 is 0 Å². The summed E-state index contributed by atoms with van der Waals surface area (Å²) in [5, 5.41) is 13.6. The number of amides is 1. The van der Waals surface area contributed by atoms with E-state index in [2.05, 4.69) is 48.2 Å². The van der Waals surface area contributed by atoms with Gasteiger partial charge in [-0.1, -0.05) is 80.6 Å². The van der Waals surface area contributed by atoms with Crippen LogP contribution in [0.3, 0.4) is 0 Å². The highest BCUT2D eigenvalue weighted by atomic mass is 32.2. The number of rotatable bonds is 12. The Bertz CT molecular complexity index is 1240. The number of aliphatic hydroxyl groups excluding tert-OH is 1. The molecule has 0 aliphatic rings. The second-order valence-electron chi connectivity index (χ2n) is 9.59. The van der Waals surface area contributed by atoms with Crippen molar-refractivity contribution >= 4 is 15.9 Å². The van der Waals surface area contributed by atoms with Gasteiger partial charge in [-0.15, -0.1) is 0 Å². The third-order valence-corrected chi connectivity index (χ3v) is 6.57. The molecule has 0 saturated heterocycles. The van der Waals surface area contributed by atoms with Gasteiger partial charge in [0.2, 0.25) is 10.0 Å². The van der Waals surface area contributed by atoms with Gasteiger partial charge in [0.25, 0.3) is 5.91 Å². The molecule has 0 aliphatic carbocycles. The molecular formula is C29H36N2O4S. The zero-order valence-corrected chi connectivity index (χ0v) is 22.0. The molecule has 0 heterocycles. The van der Waals surface area contributed by atoms with E-state index in [9.17, 15) is 18.3 Å². The lowest BCUT2D eigenvalue weighted by atomic mass is 9.93. The summed E-state index contributed by atoms with van der Waals surface area (Å²) in [6, 6.07) is 23.5. The second kappa shape index (κ2) is 12.8. The van der Waals surface area contributed by atoms with E-state index in [0.29, 0.717) is 24.4 Å². The maximum atomic E-state index is 12.6. The molecule has 0 aliphatic heterocycles. The lowest BCUT2D eigenvalue weighted by Crippen LogP contribution is -2.30. The first-order valence-electron chi connectivity index (χ1n) is 12.3. The summed E-state index contributed by atoms with van der Waals surface area (Å²) >= 11 is 0. The van der Waals surface area contributed by atoms with Crippen LogP contribution in [0.25, 0.3) is 11.1 Å². The molecule has 0 radical (unpaired) electrons. The molecule has 3 N–H and O–H groups in total. The summed E-state index contributed by atoms with van der Waals surface area (Å²) in [6.07, 6.45) is 2.88. The number of hydrogen-bond acceptors (Lipinski definition) is 5. The number of hydrogen-bond donors (Lipinski definition) is 3. The quantitative estimate of drug-likeness (QED) is 0.313. The lowest BCUT2D eigenvalue weighted by molar-refractivity contribution is 0.0980. The molecule has 7 heteroatoms. The van der Waals surface area contributed by atoms with Gasteiger partial charge in [0.1, 0.15) is 0 Å². The Morgan fingerprint density at radius 2 is 1.58 bits per heavy atom. The molecule has 0 aromatic heterocycles. The van der Waals surface area contributed by atoms with Crippen LogP contribution in [0, 0.1) is 5.92 Å². The molecule has 36 heavy (non-hydrogen) atoms. The van der Waals surface area contributed by atoms with Gasteiger partial charge in [0.05, 0.1) is 12.4 Å². The molecule has 1 atom stereocenters. The van der Waals surface area contributed by atoms with Crippen molar-refractivity contribution in [3.05, 3.63) is 95.1 Å². The molecule has 0 fully saturated rings. The molecule has 3 aromatic rings. The standard InChI is InChI=1S/C29H36N2O4S/c1-21(2)9-12-26-19-25(15-16-27(26)29(33)31-36(3,34)35)23-13-10-22(11-14-23)17-18-30-20-28(32)24-7-5-4-6-8-24/h4-8,10-11,13-16,19,21,28,30,32H,9,12,17-18,20H2,1-3H3,(H,31,33)/t28-/m0/s1. The summed E-state index contributed by atoms with van der Waals surface area (Å²) in [7, 11) is -3.63. The van der Waals surface area contributed by atoms with Crippen molar-refractivity contribution < 1.29 is 18.3 Å². The van der Waals surface area contributed by atoms with Crippen molar-refractivity contribution in [1.29, 1.82) is 0 Å². The summed E-state index contributed by atoms with van der Waals surface area (Å²) < 4.78 is 25.2. The number of nitrogens with one attached hydrogen (secondary N) is 2. The van der Waals surface area contributed by atoms with Crippen molar-refractivity contribution in [1.82, 2.24) is 10.0 Å². The molecule has 3 rings (SSSR count). The van der Waals surface area contributed by atoms with Crippen LogP contribution in [0.2, 0.25) is 0 Å². The summed E-state index contributed by atoms with van der Waals surface area (Å²) in [6.45, 7) is 5.50. The minimum absolute atomic E-state index is 0.394. The fourth-order valence-electron chi connectivity index (χ4n) is 4.00. The largest absolute Gasteiger partial charge is 0.387 e. The maximum absolute atomic E-state index is 12.6. The van der Waals surface area contributed by atoms with Crippen molar-refractivity contribution in [3.63, 3.8) is 0 Å². The fourth-order valence-corrected chi connectivity index (χ4v) is 4.44. The van der Waals surface area contributed by atoms with Crippen molar-refractivity contribution in [2.75, 3.05) is 19.3 Å². The van der Waals surface area contributed by atoms with E-state index in [4.69, 9.17) is 0 Å². The molecule has 0 saturated carbocycles. The van der Waals surface area contributed by atoms with E-state index in [0.717, 1.165) is 47.9 Å². The van der Waals surface area contributed by atoms with E-state index in [-0.39, 0.29) is 0 Å². The molecular weight excluding hydrogens is 472 g/mol. The van der Waals surface area contributed by atoms with E-state index < -0.39 is 22.0 Å². The van der Waals surface area contributed by atoms with E-state index in [1.54, 1.807) is 6.07 Å². The van der Waals surface area contributed by atoms with Gasteiger partial charge >= 0.3 is 0 Å². The normalized spacial score (nSPS) is 12.5. The summed E-state index contributed by atoms with van der Waals surface area (Å²) in [5.74, 6) is -0.135. The lowest BCUT2D eigenvalue weighted by Gasteiger charge is -2.14. The first kappa shape index (κ1) is 27.6. The highest BCUT2D eigenvalue weighted by Crippen LogP contribution is 2.25. The molecule has 0 bridgehead atoms. The second-order valence-corrected chi connectivity index (χ2v) is 11.3. The van der Waals surface area contributed by atoms with Crippen LogP contribution in [0.5, 0.6) is 0 Å². The Morgan fingerprint density at radius 3 is 2.22 bits per heavy atom. The van der Waals surface area contributed by atoms with Gasteiger partial charge in [-0.3, -0.25) is 4.79 Å². The number of carbonyl (C=O) groups is 1. The molecule has 0 unspecified atom stereocenters. The minimum atomic E-state index is -3.63. The average molecular weight is 509 g/mol. The Balaban J connectivity index is 1.64. The SMILES string of the molecule is CC(C)CCc1cc(-c2ccc(CCNC[C@H](O)c3ccccc3)cc2)ccc1C(=O)NS(C)(=O)=O. The highest BCUT2D eigenvalue weighted by molar-refractivity contribution is 7.89. The van der Waals surface area contributed by atoms with E-state index in [1.165, 1.54) is 5.56 Å². The van der Waals surface area contributed by atoms with Gasteiger partial charge in [0.15, 0.2) is 0 Å². The molecule has 3 aromatic carbocycles. The third kappa shape index (κ3) is 8.59. The summed E-state index contributed by atoms with van der Waals surface area (Å²) in [4.78, 5) is 12.6. The van der Waals surface area contributed by atoms with Gasteiger partial charge < -0.3 is 10.4 Å². The number of aliphatic hydroxyl groups is 1. The minimum Gasteiger partial charge on any atom is -0.387 e. The number of sulfonamides is 1. The van der Waals surface area contributed by atoms with Crippen LogP contribution in [0.4, 0.5) is 0 Å². The van der Waals surface area contributed by atoms with Crippen LogP contribution in [0.15, 0.2) is 72.8 Å². The Hall–Kier alpha value is -3.00. The molecule has 0 spiro atoms. The van der Waals surface area contributed by atoms with Crippen LogP contribution in [0.1, 0.15) is 53.4 Å². The van der Waals surface area contributed by atoms with Gasteiger partial charge in [-0.25, -0.2) is 13.1 Å². The Kier molecular flexibility index (Phi) is 9.81. The van der Waals surface area contributed by atoms with Crippen LogP contribution >= 0.6 is 0 Å².